The molecule has 1 rings (SSSR count). The Bertz CT molecular complexity index is 292. The zero-order valence-electron chi connectivity index (χ0n) is 5.00. The van der Waals surface area contributed by atoms with Crippen molar-refractivity contribution < 1.29 is 0 Å². The molecule has 2 nitrogen and oxygen atoms in total. The number of hydrogen-bond donors (Lipinski definition) is 0. The molecular formula is C6H4AsClN2. The predicted molar refractivity (Wildman–Crippen MR) is 42.1 cm³/mol. The van der Waals surface area contributed by atoms with Crippen LogP contribution < -0.4 is 4.48 Å². The molecule has 0 radical (unpaired) electrons. The number of pyridine rings is 1. The van der Waals surface area contributed by atoms with Crippen LogP contribution in [0.2, 0.25) is 5.02 Å². The average molecular weight is 214 g/mol. The molecule has 50 valence electrons. The number of hydrogen-bond acceptors (Lipinski definition) is 2. The van der Waals surface area contributed by atoms with Crippen LogP contribution >= 0.6 is 11.6 Å². The van der Waals surface area contributed by atoms with Crippen LogP contribution in [0.5, 0.6) is 0 Å². The maximum atomic E-state index is 8.45. The van der Waals surface area contributed by atoms with Gasteiger partial charge in [-0.25, -0.2) is 0 Å². The Morgan fingerprint density at radius 1 is 1.60 bits per heavy atom. The number of rotatable bonds is 0. The number of nitriles is 1. The monoisotopic (exact) mass is 214 g/mol. The van der Waals surface area contributed by atoms with E-state index in [1.165, 1.54) is 16.9 Å². The predicted octanol–water partition coefficient (Wildman–Crippen LogP) is -0.135. The van der Waals surface area contributed by atoms with Crippen molar-refractivity contribution >= 4 is 32.9 Å². The topological polar surface area (TPSA) is 36.7 Å². The second-order valence-corrected chi connectivity index (χ2v) is 3.33. The van der Waals surface area contributed by atoms with E-state index in [2.05, 4.69) is 4.98 Å². The summed E-state index contributed by atoms with van der Waals surface area (Å²) in [6.07, 6.45) is 0. The van der Waals surface area contributed by atoms with E-state index in [4.69, 9.17) is 16.9 Å². The number of nitrogens with zero attached hydrogens (tertiary/aromatic N) is 2. The van der Waals surface area contributed by atoms with Gasteiger partial charge in [0.2, 0.25) is 0 Å². The SMILES string of the molecule is N#Cc1nc([AsH2])ccc1Cl. The van der Waals surface area contributed by atoms with E-state index >= 15 is 0 Å². The molecule has 1 unspecified atom stereocenters. The van der Waals surface area contributed by atoms with Gasteiger partial charge in [0, 0.05) is 0 Å². The molecule has 1 aromatic heterocycles. The average Bonchev–Trinajstić information content (AvgIpc) is 1.94. The fourth-order valence-corrected chi connectivity index (χ4v) is 1.16. The van der Waals surface area contributed by atoms with Gasteiger partial charge in [0.25, 0.3) is 0 Å². The Labute approximate surface area is 72.3 Å². The standard InChI is InChI=1S/C6H4AsClN2/c7-6-2-1-4(8)5(3-9)10-6/h1-2H,7H2. The summed E-state index contributed by atoms with van der Waals surface area (Å²) in [5.74, 6) is 0. The van der Waals surface area contributed by atoms with Crippen molar-refractivity contribution in [1.82, 2.24) is 4.98 Å². The van der Waals surface area contributed by atoms with Crippen molar-refractivity contribution in [3.05, 3.63) is 22.8 Å². The number of aromatic nitrogens is 1. The minimum absolute atomic E-state index is 0.309. The van der Waals surface area contributed by atoms with Crippen LogP contribution in [-0.2, 0) is 0 Å². The second kappa shape index (κ2) is 3.05. The summed E-state index contributed by atoms with van der Waals surface area (Å²) in [6, 6.07) is 5.38. The van der Waals surface area contributed by atoms with E-state index in [-0.39, 0.29) is 0 Å². The molecule has 1 atom stereocenters. The van der Waals surface area contributed by atoms with E-state index < -0.39 is 0 Å². The molecule has 0 fully saturated rings. The molecule has 1 aromatic rings. The zero-order chi connectivity index (χ0) is 7.56. The first-order valence-corrected chi connectivity index (χ1v) is 4.15. The molecular weight excluding hydrogens is 210 g/mol. The van der Waals surface area contributed by atoms with Gasteiger partial charge in [-0.15, -0.1) is 0 Å². The van der Waals surface area contributed by atoms with E-state index in [1.54, 1.807) is 12.1 Å². The van der Waals surface area contributed by atoms with Gasteiger partial charge in [-0.1, -0.05) is 0 Å². The van der Waals surface area contributed by atoms with Gasteiger partial charge in [0.15, 0.2) is 0 Å². The number of halogens is 1. The van der Waals surface area contributed by atoms with Crippen molar-refractivity contribution in [2.75, 3.05) is 0 Å². The Hall–Kier alpha value is -0.512. The molecule has 0 N–H and O–H groups in total. The summed E-state index contributed by atoms with van der Waals surface area (Å²) >= 11 is 7.00. The molecule has 1 heterocycles. The first kappa shape index (κ1) is 7.59. The fraction of sp³-hybridized carbons (Fsp3) is 0. The molecule has 10 heavy (non-hydrogen) atoms. The van der Waals surface area contributed by atoms with E-state index in [0.717, 1.165) is 4.48 Å². The summed E-state index contributed by atoms with van der Waals surface area (Å²) in [5.41, 5.74) is 0.309. The fourth-order valence-electron chi connectivity index (χ4n) is 0.536. The first-order chi connectivity index (χ1) is 4.74. The van der Waals surface area contributed by atoms with Crippen LogP contribution in [0.25, 0.3) is 0 Å². The molecule has 0 spiro atoms. The molecule has 0 bridgehead atoms. The Balaban J connectivity index is 3.25. The maximum absolute atomic E-state index is 8.45. The molecule has 0 aliphatic rings. The van der Waals surface area contributed by atoms with E-state index in [1.807, 2.05) is 6.07 Å². The van der Waals surface area contributed by atoms with Crippen LogP contribution in [0.15, 0.2) is 12.1 Å². The zero-order valence-corrected chi connectivity index (χ0v) is 8.18. The third kappa shape index (κ3) is 1.50. The molecule has 0 saturated heterocycles. The third-order valence-corrected chi connectivity index (χ3v) is 1.95. The summed E-state index contributed by atoms with van der Waals surface area (Å²) in [6.45, 7) is 0. The summed E-state index contributed by atoms with van der Waals surface area (Å²) in [7, 11) is 0. The van der Waals surface area contributed by atoms with Crippen LogP contribution in [0.4, 0.5) is 0 Å². The van der Waals surface area contributed by atoms with Gasteiger partial charge in [-0.2, -0.15) is 0 Å². The second-order valence-electron chi connectivity index (χ2n) is 1.68. The van der Waals surface area contributed by atoms with Crippen molar-refractivity contribution in [1.29, 1.82) is 5.26 Å². The normalized spacial score (nSPS) is 8.90. The van der Waals surface area contributed by atoms with Crippen molar-refractivity contribution in [3.8, 4) is 6.07 Å². The molecule has 0 aliphatic heterocycles. The van der Waals surface area contributed by atoms with Crippen molar-refractivity contribution in [3.63, 3.8) is 0 Å². The van der Waals surface area contributed by atoms with Gasteiger partial charge in [0.05, 0.1) is 0 Å². The summed E-state index contributed by atoms with van der Waals surface area (Å²) in [4.78, 5) is 3.93. The van der Waals surface area contributed by atoms with Gasteiger partial charge in [-0.05, 0) is 0 Å². The van der Waals surface area contributed by atoms with Gasteiger partial charge in [-0.3, -0.25) is 0 Å². The van der Waals surface area contributed by atoms with E-state index in [9.17, 15) is 0 Å². The quantitative estimate of drug-likeness (QED) is 0.564. The third-order valence-electron chi connectivity index (χ3n) is 0.973. The Morgan fingerprint density at radius 3 is 2.80 bits per heavy atom. The van der Waals surface area contributed by atoms with E-state index in [0.29, 0.717) is 10.7 Å². The van der Waals surface area contributed by atoms with Crippen molar-refractivity contribution in [2.24, 2.45) is 0 Å². The molecule has 0 aromatic carbocycles. The first-order valence-electron chi connectivity index (χ1n) is 2.56. The Morgan fingerprint density at radius 2 is 2.30 bits per heavy atom. The van der Waals surface area contributed by atoms with Gasteiger partial charge in [0.1, 0.15) is 0 Å². The van der Waals surface area contributed by atoms with Gasteiger partial charge < -0.3 is 0 Å². The van der Waals surface area contributed by atoms with Crippen LogP contribution in [0, 0.1) is 11.3 Å². The minimum atomic E-state index is 0.309. The Kier molecular flexibility index (Phi) is 2.32. The van der Waals surface area contributed by atoms with Crippen molar-refractivity contribution in [2.45, 2.75) is 0 Å². The van der Waals surface area contributed by atoms with Crippen LogP contribution in [0.3, 0.4) is 0 Å². The summed E-state index contributed by atoms with van der Waals surface area (Å²) in [5, 5.41) is 8.87. The van der Waals surface area contributed by atoms with Crippen LogP contribution in [0.1, 0.15) is 5.69 Å². The molecule has 4 heteroatoms. The molecule has 0 saturated carbocycles. The van der Waals surface area contributed by atoms with Crippen LogP contribution in [-0.4, -0.2) is 21.8 Å². The molecule has 0 amide bonds. The van der Waals surface area contributed by atoms with Gasteiger partial charge >= 0.3 is 72.1 Å². The molecule has 0 aliphatic carbocycles. The summed E-state index contributed by atoms with van der Waals surface area (Å²) < 4.78 is 0.869.